The SMILES string of the molecule is CNc1cc(C(=O)N2CCCCCC2C)nc2cc(-c3ccc(C(N)=O)cc3F)nn12. The summed E-state index contributed by atoms with van der Waals surface area (Å²) >= 11 is 0. The van der Waals surface area contributed by atoms with Crippen LogP contribution in [-0.2, 0) is 0 Å². The number of amides is 2. The fourth-order valence-corrected chi connectivity index (χ4v) is 3.99. The highest BCUT2D eigenvalue weighted by Gasteiger charge is 2.25. The van der Waals surface area contributed by atoms with E-state index in [9.17, 15) is 14.0 Å². The molecule has 1 saturated heterocycles. The van der Waals surface area contributed by atoms with Crippen LogP contribution in [0.15, 0.2) is 30.3 Å². The van der Waals surface area contributed by atoms with Crippen LogP contribution in [0, 0.1) is 5.82 Å². The monoisotopic (exact) mass is 424 g/mol. The average Bonchev–Trinajstić information content (AvgIpc) is 3.06. The molecule has 1 atom stereocenters. The number of nitrogens with zero attached hydrogens (tertiary/aromatic N) is 4. The van der Waals surface area contributed by atoms with Crippen LogP contribution < -0.4 is 11.1 Å². The van der Waals surface area contributed by atoms with Crippen LogP contribution in [0.25, 0.3) is 16.9 Å². The molecule has 1 aliphatic rings. The number of likely N-dealkylation sites (tertiary alicyclic amines) is 1. The molecule has 0 aliphatic carbocycles. The van der Waals surface area contributed by atoms with E-state index < -0.39 is 11.7 Å². The predicted molar refractivity (Wildman–Crippen MR) is 115 cm³/mol. The van der Waals surface area contributed by atoms with Crippen molar-refractivity contribution in [2.75, 3.05) is 18.9 Å². The van der Waals surface area contributed by atoms with Crippen molar-refractivity contribution in [1.82, 2.24) is 19.5 Å². The molecule has 162 valence electrons. The first kappa shape index (κ1) is 20.8. The summed E-state index contributed by atoms with van der Waals surface area (Å²) in [6.07, 6.45) is 4.19. The van der Waals surface area contributed by atoms with Crippen molar-refractivity contribution in [2.45, 2.75) is 38.6 Å². The molecule has 3 aromatic rings. The maximum absolute atomic E-state index is 14.6. The average molecular weight is 424 g/mol. The quantitative estimate of drug-likeness (QED) is 0.670. The van der Waals surface area contributed by atoms with Gasteiger partial charge in [0, 0.05) is 42.9 Å². The van der Waals surface area contributed by atoms with Crippen LogP contribution >= 0.6 is 0 Å². The second-order valence-corrected chi connectivity index (χ2v) is 7.83. The number of benzene rings is 1. The molecule has 1 fully saturated rings. The number of nitrogens with two attached hydrogens (primary N) is 1. The first-order chi connectivity index (χ1) is 14.9. The maximum atomic E-state index is 14.6. The highest BCUT2D eigenvalue weighted by molar-refractivity contribution is 5.94. The minimum atomic E-state index is -0.703. The van der Waals surface area contributed by atoms with Gasteiger partial charge in [-0.25, -0.2) is 9.37 Å². The number of rotatable bonds is 4. The highest BCUT2D eigenvalue weighted by atomic mass is 19.1. The molecule has 3 heterocycles. The van der Waals surface area contributed by atoms with Crippen molar-refractivity contribution < 1.29 is 14.0 Å². The minimum absolute atomic E-state index is 0.0819. The summed E-state index contributed by atoms with van der Waals surface area (Å²) < 4.78 is 16.1. The lowest BCUT2D eigenvalue weighted by Gasteiger charge is -2.27. The van der Waals surface area contributed by atoms with E-state index in [-0.39, 0.29) is 23.1 Å². The zero-order valence-corrected chi connectivity index (χ0v) is 17.6. The van der Waals surface area contributed by atoms with Gasteiger partial charge in [0.05, 0.1) is 5.69 Å². The summed E-state index contributed by atoms with van der Waals surface area (Å²) in [5.74, 6) is -0.865. The van der Waals surface area contributed by atoms with E-state index in [0.717, 1.165) is 31.7 Å². The summed E-state index contributed by atoms with van der Waals surface area (Å²) in [4.78, 5) is 30.9. The summed E-state index contributed by atoms with van der Waals surface area (Å²) in [5, 5.41) is 7.47. The van der Waals surface area contributed by atoms with Gasteiger partial charge in [0.1, 0.15) is 17.3 Å². The fourth-order valence-electron chi connectivity index (χ4n) is 3.99. The van der Waals surface area contributed by atoms with Gasteiger partial charge in [-0.15, -0.1) is 0 Å². The largest absolute Gasteiger partial charge is 0.373 e. The van der Waals surface area contributed by atoms with Gasteiger partial charge in [-0.2, -0.15) is 9.61 Å². The van der Waals surface area contributed by atoms with E-state index in [4.69, 9.17) is 5.73 Å². The Morgan fingerprint density at radius 3 is 2.71 bits per heavy atom. The van der Waals surface area contributed by atoms with Gasteiger partial charge >= 0.3 is 0 Å². The molecule has 1 aromatic carbocycles. The Balaban J connectivity index is 1.75. The Kier molecular flexibility index (Phi) is 5.58. The third-order valence-corrected chi connectivity index (χ3v) is 5.75. The van der Waals surface area contributed by atoms with Crippen LogP contribution in [0.4, 0.5) is 10.2 Å². The molecule has 31 heavy (non-hydrogen) atoms. The van der Waals surface area contributed by atoms with E-state index >= 15 is 0 Å². The first-order valence-corrected chi connectivity index (χ1v) is 10.4. The second kappa shape index (κ2) is 8.33. The van der Waals surface area contributed by atoms with E-state index in [1.54, 1.807) is 19.2 Å². The van der Waals surface area contributed by atoms with Gasteiger partial charge in [-0.1, -0.05) is 12.8 Å². The maximum Gasteiger partial charge on any atom is 0.272 e. The number of anilines is 1. The Morgan fingerprint density at radius 2 is 2.00 bits per heavy atom. The van der Waals surface area contributed by atoms with E-state index in [1.165, 1.54) is 16.6 Å². The number of fused-ring (bicyclic) bond motifs is 1. The van der Waals surface area contributed by atoms with Crippen LogP contribution in [0.5, 0.6) is 0 Å². The molecule has 0 bridgehead atoms. The van der Waals surface area contributed by atoms with E-state index in [1.807, 2.05) is 4.90 Å². The van der Waals surface area contributed by atoms with Crippen LogP contribution in [-0.4, -0.2) is 50.9 Å². The first-order valence-electron chi connectivity index (χ1n) is 10.4. The molecule has 0 spiro atoms. The summed E-state index contributed by atoms with van der Waals surface area (Å²) in [6.45, 7) is 2.78. The van der Waals surface area contributed by atoms with Gasteiger partial charge in [-0.05, 0) is 38.0 Å². The van der Waals surface area contributed by atoms with Crippen LogP contribution in [0.2, 0.25) is 0 Å². The van der Waals surface area contributed by atoms with Crippen molar-refractivity contribution in [3.05, 3.63) is 47.4 Å². The number of nitrogens with one attached hydrogen (secondary N) is 1. The van der Waals surface area contributed by atoms with Crippen molar-refractivity contribution in [1.29, 1.82) is 0 Å². The lowest BCUT2D eigenvalue weighted by Crippen LogP contribution is -2.38. The number of carbonyl (C=O) groups excluding carboxylic acids is 2. The molecule has 0 radical (unpaired) electrons. The third kappa shape index (κ3) is 3.95. The third-order valence-electron chi connectivity index (χ3n) is 5.75. The Labute approximate surface area is 179 Å². The number of aromatic nitrogens is 3. The number of carbonyl (C=O) groups is 2. The zero-order chi connectivity index (χ0) is 22.1. The van der Waals surface area contributed by atoms with Gasteiger partial charge in [-0.3, -0.25) is 9.59 Å². The van der Waals surface area contributed by atoms with Crippen molar-refractivity contribution >= 4 is 23.3 Å². The fraction of sp³-hybridized carbons (Fsp3) is 0.364. The second-order valence-electron chi connectivity index (χ2n) is 7.83. The predicted octanol–water partition coefficient (Wildman–Crippen LogP) is 3.08. The minimum Gasteiger partial charge on any atom is -0.373 e. The number of hydrogen-bond acceptors (Lipinski definition) is 5. The molecule has 1 aliphatic heterocycles. The van der Waals surface area contributed by atoms with Gasteiger partial charge in [0.2, 0.25) is 5.91 Å². The van der Waals surface area contributed by atoms with Crippen molar-refractivity contribution in [3.8, 4) is 11.3 Å². The molecule has 9 heteroatoms. The smallest absolute Gasteiger partial charge is 0.272 e. The number of halogens is 1. The van der Waals surface area contributed by atoms with Gasteiger partial charge in [0.25, 0.3) is 5.91 Å². The van der Waals surface area contributed by atoms with Crippen LogP contribution in [0.3, 0.4) is 0 Å². The van der Waals surface area contributed by atoms with Crippen molar-refractivity contribution in [3.63, 3.8) is 0 Å². The number of primary amides is 1. The number of hydrogen-bond donors (Lipinski definition) is 2. The highest BCUT2D eigenvalue weighted by Crippen LogP contribution is 2.26. The van der Waals surface area contributed by atoms with E-state index in [2.05, 4.69) is 22.3 Å². The normalized spacial score (nSPS) is 16.9. The molecule has 1 unspecified atom stereocenters. The molecule has 3 N–H and O–H groups in total. The summed E-state index contributed by atoms with van der Waals surface area (Å²) in [5.41, 5.74) is 6.59. The molecular formula is C22H25FN6O2. The van der Waals surface area contributed by atoms with Crippen LogP contribution in [0.1, 0.15) is 53.5 Å². The lowest BCUT2D eigenvalue weighted by molar-refractivity contribution is 0.0692. The van der Waals surface area contributed by atoms with Gasteiger partial charge in [0.15, 0.2) is 5.65 Å². The van der Waals surface area contributed by atoms with E-state index in [0.29, 0.717) is 29.4 Å². The molecular weight excluding hydrogens is 399 g/mol. The summed E-state index contributed by atoms with van der Waals surface area (Å²) in [6, 6.07) is 7.43. The standard InChI is InChI=1S/C22H25FN6O2/c1-13-6-4-3-5-9-28(13)22(31)18-12-19(25-2)29-20(26-18)11-17(27-29)15-8-7-14(21(24)30)10-16(15)23/h7-8,10-13,25H,3-6,9H2,1-2H3,(H2,24,30). The Morgan fingerprint density at radius 1 is 1.19 bits per heavy atom. The Bertz CT molecular complexity index is 1160. The molecule has 4 rings (SSSR count). The zero-order valence-electron chi connectivity index (χ0n) is 17.6. The van der Waals surface area contributed by atoms with Crippen molar-refractivity contribution in [2.24, 2.45) is 5.73 Å². The molecule has 2 amide bonds. The lowest BCUT2D eigenvalue weighted by atomic mass is 10.1. The molecule has 2 aromatic heterocycles. The summed E-state index contributed by atoms with van der Waals surface area (Å²) in [7, 11) is 1.72. The molecule has 8 nitrogen and oxygen atoms in total. The Hall–Kier alpha value is -3.49. The molecule has 0 saturated carbocycles. The topological polar surface area (TPSA) is 106 Å². The van der Waals surface area contributed by atoms with Gasteiger partial charge < -0.3 is 16.0 Å².